The molecule has 12 heavy (non-hydrogen) atoms. The molecule has 0 saturated carbocycles. The molecule has 1 aromatic carbocycles. The van der Waals surface area contributed by atoms with Crippen molar-refractivity contribution in [1.82, 2.24) is 0 Å². The topological polar surface area (TPSA) is 56.1 Å². The van der Waals surface area contributed by atoms with Crippen LogP contribution in [0, 0.1) is 5.41 Å². The number of ether oxygens (including phenoxy) is 1. The summed E-state index contributed by atoms with van der Waals surface area (Å²) < 4.78 is 5.25. The molecule has 0 unspecified atom stereocenters. The first-order chi connectivity index (χ1) is 5.79. The van der Waals surface area contributed by atoms with E-state index in [1.807, 2.05) is 6.07 Å². The minimum Gasteiger partial charge on any atom is -0.859 e. The molecule has 1 heterocycles. The number of hydrogen-bond acceptors (Lipinski definition) is 3. The monoisotopic (exact) mass is 162 g/mol. The average Bonchev–Trinajstić information content (AvgIpc) is 2.49. The Morgan fingerprint density at radius 1 is 1.50 bits per heavy atom. The van der Waals surface area contributed by atoms with Crippen LogP contribution in [0.5, 0.6) is 5.75 Å². The van der Waals surface area contributed by atoms with Crippen LogP contribution in [0.15, 0.2) is 18.2 Å². The molecule has 0 fully saturated rings. The lowest BCUT2D eigenvalue weighted by Crippen LogP contribution is -2.17. The molecule has 0 aromatic heterocycles. The van der Waals surface area contributed by atoms with E-state index in [0.29, 0.717) is 17.9 Å². The van der Waals surface area contributed by atoms with Crippen molar-refractivity contribution in [2.45, 2.75) is 6.42 Å². The van der Waals surface area contributed by atoms with Gasteiger partial charge in [-0.25, -0.2) is 0 Å². The Morgan fingerprint density at radius 3 is 3.08 bits per heavy atom. The Labute approximate surface area is 70.1 Å². The third kappa shape index (κ3) is 0.942. The van der Waals surface area contributed by atoms with Crippen LogP contribution in [0.3, 0.4) is 0 Å². The first kappa shape index (κ1) is 7.16. The van der Waals surface area contributed by atoms with Crippen LogP contribution < -0.4 is 9.84 Å². The van der Waals surface area contributed by atoms with Crippen LogP contribution in [0.25, 0.3) is 0 Å². The van der Waals surface area contributed by atoms with Gasteiger partial charge in [-0.05, 0) is 11.5 Å². The van der Waals surface area contributed by atoms with Gasteiger partial charge in [0, 0.05) is 12.0 Å². The van der Waals surface area contributed by atoms with E-state index in [2.05, 4.69) is 0 Å². The maximum Gasteiger partial charge on any atom is 0.130 e. The fourth-order valence-corrected chi connectivity index (χ4v) is 1.39. The second-order valence-electron chi connectivity index (χ2n) is 2.72. The van der Waals surface area contributed by atoms with Crippen LogP contribution in [0.1, 0.15) is 11.1 Å². The number of rotatable bonds is 1. The zero-order valence-corrected chi connectivity index (χ0v) is 6.46. The summed E-state index contributed by atoms with van der Waals surface area (Å²) in [4.78, 5) is 0. The molecule has 0 aliphatic carbocycles. The van der Waals surface area contributed by atoms with Crippen LogP contribution in [-0.2, 0) is 6.42 Å². The average molecular weight is 162 g/mol. The minimum absolute atomic E-state index is 0.380. The molecule has 1 aliphatic heterocycles. The molecule has 3 heteroatoms. The van der Waals surface area contributed by atoms with Gasteiger partial charge in [0.2, 0.25) is 0 Å². The molecule has 0 radical (unpaired) electrons. The van der Waals surface area contributed by atoms with E-state index >= 15 is 0 Å². The number of nitrogens with one attached hydrogen (secondary N) is 1. The van der Waals surface area contributed by atoms with Gasteiger partial charge in [0.15, 0.2) is 0 Å². The predicted molar refractivity (Wildman–Crippen MR) is 42.5 cm³/mol. The van der Waals surface area contributed by atoms with E-state index in [9.17, 15) is 5.11 Å². The third-order valence-electron chi connectivity index (χ3n) is 1.96. The van der Waals surface area contributed by atoms with Crippen molar-refractivity contribution in [3.8, 4) is 5.75 Å². The highest BCUT2D eigenvalue weighted by atomic mass is 16.5. The van der Waals surface area contributed by atoms with Crippen molar-refractivity contribution in [3.05, 3.63) is 29.3 Å². The number of para-hydroxylation sites is 1. The van der Waals surface area contributed by atoms with Gasteiger partial charge in [-0.1, -0.05) is 18.2 Å². The second kappa shape index (κ2) is 2.52. The number of hydrogen-bond donors (Lipinski definition) is 1. The fraction of sp³-hybridized carbons (Fsp3) is 0.222. The maximum absolute atomic E-state index is 10.8. The summed E-state index contributed by atoms with van der Waals surface area (Å²) in [5, 5.41) is 17.8. The summed E-state index contributed by atoms with van der Waals surface area (Å²) in [5.41, 5.74) is 1.41. The maximum atomic E-state index is 10.8. The third-order valence-corrected chi connectivity index (χ3v) is 1.96. The Balaban J connectivity index is 2.56. The standard InChI is InChI=1S/C9H9NO2/c10-9(11)7-3-1-2-6-4-5-12-8(6)7/h1-3H,4-5H2,(H2,10,11)/p-1. The zero-order valence-electron chi connectivity index (χ0n) is 6.46. The van der Waals surface area contributed by atoms with Crippen molar-refractivity contribution >= 4 is 5.90 Å². The Bertz CT molecular complexity index is 333. The highest BCUT2D eigenvalue weighted by Gasteiger charge is 2.14. The Kier molecular flexibility index (Phi) is 1.50. The molecule has 1 N–H and O–H groups in total. The van der Waals surface area contributed by atoms with Gasteiger partial charge >= 0.3 is 0 Å². The molecule has 0 saturated heterocycles. The molecule has 2 rings (SSSR count). The summed E-state index contributed by atoms with van der Waals surface area (Å²) in [6.45, 7) is 0.625. The van der Waals surface area contributed by atoms with Crippen LogP contribution in [0.2, 0.25) is 0 Å². The van der Waals surface area contributed by atoms with Gasteiger partial charge in [0.25, 0.3) is 0 Å². The van der Waals surface area contributed by atoms with Crippen molar-refractivity contribution in [3.63, 3.8) is 0 Å². The Hall–Kier alpha value is -1.51. The first-order valence-electron chi connectivity index (χ1n) is 3.79. The summed E-state index contributed by atoms with van der Waals surface area (Å²) in [7, 11) is 0. The number of fused-ring (bicyclic) bond motifs is 1. The summed E-state index contributed by atoms with van der Waals surface area (Å²) in [6, 6.07) is 5.34. The van der Waals surface area contributed by atoms with E-state index in [0.717, 1.165) is 12.0 Å². The van der Waals surface area contributed by atoms with Gasteiger partial charge in [-0.2, -0.15) is 0 Å². The minimum atomic E-state index is -0.672. The summed E-state index contributed by atoms with van der Waals surface area (Å²) >= 11 is 0. The molecule has 0 spiro atoms. The SMILES string of the molecule is N=C([O-])c1cccc2c1OCC2. The van der Waals surface area contributed by atoms with E-state index in [1.165, 1.54) is 0 Å². The van der Waals surface area contributed by atoms with E-state index in [-0.39, 0.29) is 0 Å². The van der Waals surface area contributed by atoms with Crippen molar-refractivity contribution in [2.24, 2.45) is 0 Å². The van der Waals surface area contributed by atoms with Gasteiger partial charge < -0.3 is 15.3 Å². The molecular formula is C9H8NO2-. The van der Waals surface area contributed by atoms with E-state index in [4.69, 9.17) is 10.1 Å². The Morgan fingerprint density at radius 2 is 2.33 bits per heavy atom. The van der Waals surface area contributed by atoms with Gasteiger partial charge in [0.05, 0.1) is 6.61 Å². The quantitative estimate of drug-likeness (QED) is 0.477. The molecule has 0 atom stereocenters. The molecule has 62 valence electrons. The van der Waals surface area contributed by atoms with Crippen LogP contribution in [0.4, 0.5) is 0 Å². The molecule has 0 bridgehead atoms. The summed E-state index contributed by atoms with van der Waals surface area (Å²) in [6.07, 6.45) is 0.844. The lowest BCUT2D eigenvalue weighted by molar-refractivity contribution is -0.214. The van der Waals surface area contributed by atoms with Gasteiger partial charge in [-0.15, -0.1) is 0 Å². The highest BCUT2D eigenvalue weighted by molar-refractivity contribution is 5.91. The van der Waals surface area contributed by atoms with E-state index in [1.54, 1.807) is 12.1 Å². The van der Waals surface area contributed by atoms with Gasteiger partial charge in [-0.3, -0.25) is 0 Å². The second-order valence-corrected chi connectivity index (χ2v) is 2.72. The lowest BCUT2D eigenvalue weighted by atomic mass is 10.1. The van der Waals surface area contributed by atoms with Crippen molar-refractivity contribution in [1.29, 1.82) is 5.41 Å². The summed E-state index contributed by atoms with van der Waals surface area (Å²) in [5.74, 6) is -0.0637. The normalized spacial score (nSPS) is 13.7. The lowest BCUT2D eigenvalue weighted by Gasteiger charge is -2.11. The highest BCUT2D eigenvalue weighted by Crippen LogP contribution is 2.28. The number of benzene rings is 1. The largest absolute Gasteiger partial charge is 0.859 e. The van der Waals surface area contributed by atoms with Crippen LogP contribution in [-0.4, -0.2) is 12.5 Å². The predicted octanol–water partition coefficient (Wildman–Crippen LogP) is 0.307. The van der Waals surface area contributed by atoms with Crippen molar-refractivity contribution < 1.29 is 9.84 Å². The van der Waals surface area contributed by atoms with Gasteiger partial charge in [0.1, 0.15) is 5.75 Å². The first-order valence-corrected chi connectivity index (χ1v) is 3.79. The molecule has 1 aromatic rings. The molecule has 0 amide bonds. The molecular weight excluding hydrogens is 154 g/mol. The fourth-order valence-electron chi connectivity index (χ4n) is 1.39. The van der Waals surface area contributed by atoms with E-state index < -0.39 is 5.90 Å². The smallest absolute Gasteiger partial charge is 0.130 e. The zero-order chi connectivity index (χ0) is 8.55. The molecule has 3 nitrogen and oxygen atoms in total. The van der Waals surface area contributed by atoms with Crippen LogP contribution >= 0.6 is 0 Å². The van der Waals surface area contributed by atoms with Crippen molar-refractivity contribution in [2.75, 3.05) is 6.61 Å². The molecule has 1 aliphatic rings.